The number of rotatable bonds is 3. The van der Waals surface area contributed by atoms with Gasteiger partial charge in [-0.25, -0.2) is 17.2 Å². The Labute approximate surface area is 167 Å². The molecule has 1 aliphatic heterocycles. The van der Waals surface area contributed by atoms with Crippen LogP contribution in [0.1, 0.15) is 16.5 Å². The normalized spacial score (nSPS) is 18.2. The number of anilines is 1. The second-order valence-electron chi connectivity index (χ2n) is 6.95. The van der Waals surface area contributed by atoms with Crippen LogP contribution in [0, 0.1) is 18.6 Å². The number of hydrogen-bond donors (Lipinski definition) is 0. The van der Waals surface area contributed by atoms with Crippen LogP contribution in [-0.2, 0) is 14.6 Å². The molecule has 0 aromatic heterocycles. The third-order valence-corrected chi connectivity index (χ3v) is 6.79. The van der Waals surface area contributed by atoms with Crippen molar-refractivity contribution in [1.29, 1.82) is 0 Å². The van der Waals surface area contributed by atoms with Crippen LogP contribution in [0.25, 0.3) is 11.1 Å². The molecule has 4 rings (SSSR count). The molecule has 4 nitrogen and oxygen atoms in total. The zero-order chi connectivity index (χ0) is 20.8. The largest absolute Gasteiger partial charge is 0.289 e. The molecule has 7 heteroatoms. The molecule has 1 fully saturated rings. The van der Waals surface area contributed by atoms with E-state index in [0.717, 1.165) is 34.2 Å². The molecule has 0 spiro atoms. The van der Waals surface area contributed by atoms with Gasteiger partial charge in [0.1, 0.15) is 17.4 Å². The fourth-order valence-electron chi connectivity index (χ4n) is 3.66. The van der Waals surface area contributed by atoms with E-state index >= 15 is 0 Å². The summed E-state index contributed by atoms with van der Waals surface area (Å²) in [6.45, 7) is 1.88. The molecule has 1 saturated heterocycles. The van der Waals surface area contributed by atoms with E-state index in [9.17, 15) is 22.0 Å². The van der Waals surface area contributed by atoms with Crippen molar-refractivity contribution in [3.05, 3.63) is 89.5 Å². The molecule has 29 heavy (non-hydrogen) atoms. The lowest BCUT2D eigenvalue weighted by molar-refractivity contribution is -0.115. The van der Waals surface area contributed by atoms with Crippen molar-refractivity contribution < 1.29 is 22.0 Å². The second kappa shape index (κ2) is 7.08. The Kier molecular flexibility index (Phi) is 4.70. The second-order valence-corrected chi connectivity index (χ2v) is 9.01. The van der Waals surface area contributed by atoms with Crippen molar-refractivity contribution in [3.8, 4) is 11.1 Å². The Morgan fingerprint density at radius 3 is 2.24 bits per heavy atom. The van der Waals surface area contributed by atoms with Gasteiger partial charge in [0.2, 0.25) is 5.91 Å². The van der Waals surface area contributed by atoms with Gasteiger partial charge in [-0.1, -0.05) is 36.4 Å². The number of carbonyl (C=O) groups is 1. The fraction of sp³-hybridized carbons (Fsp3) is 0.136. The predicted molar refractivity (Wildman–Crippen MR) is 107 cm³/mol. The van der Waals surface area contributed by atoms with Crippen LogP contribution in [0.2, 0.25) is 0 Å². The molecular weight excluding hydrogens is 396 g/mol. The van der Waals surface area contributed by atoms with Gasteiger partial charge in [0.15, 0.2) is 15.2 Å². The Morgan fingerprint density at radius 1 is 0.897 bits per heavy atom. The first-order valence-electron chi connectivity index (χ1n) is 8.92. The van der Waals surface area contributed by atoms with Crippen LogP contribution in [0.5, 0.6) is 0 Å². The summed E-state index contributed by atoms with van der Waals surface area (Å²) in [6.07, 6.45) is 0. The van der Waals surface area contributed by atoms with Crippen molar-refractivity contribution in [3.63, 3.8) is 0 Å². The summed E-state index contributed by atoms with van der Waals surface area (Å²) >= 11 is 0. The Balaban J connectivity index is 1.95. The van der Waals surface area contributed by atoms with Crippen LogP contribution in [0.3, 0.4) is 0 Å². The van der Waals surface area contributed by atoms with Crippen molar-refractivity contribution in [1.82, 2.24) is 0 Å². The van der Waals surface area contributed by atoms with E-state index < -0.39 is 38.5 Å². The summed E-state index contributed by atoms with van der Waals surface area (Å²) in [7, 11) is -3.89. The molecule has 0 N–H and O–H groups in total. The third kappa shape index (κ3) is 3.42. The summed E-state index contributed by atoms with van der Waals surface area (Å²) in [6, 6.07) is 16.3. The molecular formula is C22H17F2NO3S. The maximum absolute atomic E-state index is 14.2. The molecule has 1 amide bonds. The average molecular weight is 413 g/mol. The first-order chi connectivity index (χ1) is 13.8. The smallest absolute Gasteiger partial charge is 0.243 e. The van der Waals surface area contributed by atoms with E-state index in [1.165, 1.54) is 24.3 Å². The minimum Gasteiger partial charge on any atom is -0.289 e. The molecule has 0 saturated carbocycles. The Hall–Kier alpha value is -3.06. The molecule has 1 unspecified atom stereocenters. The molecule has 1 aliphatic rings. The topological polar surface area (TPSA) is 54.5 Å². The first-order valence-corrected chi connectivity index (χ1v) is 10.6. The Bertz CT molecular complexity index is 1210. The minimum absolute atomic E-state index is 0.166. The van der Waals surface area contributed by atoms with Crippen molar-refractivity contribution in [2.75, 3.05) is 10.7 Å². The summed E-state index contributed by atoms with van der Waals surface area (Å²) in [5.41, 5.74) is 2.62. The number of sulfone groups is 1. The summed E-state index contributed by atoms with van der Waals surface area (Å²) in [5, 5.41) is -1.35. The highest BCUT2D eigenvalue weighted by Gasteiger charge is 2.46. The highest BCUT2D eigenvalue weighted by Crippen LogP contribution is 2.42. The number of nitrogens with zero attached hydrogens (tertiary/aromatic N) is 1. The molecule has 0 bridgehead atoms. The number of aryl methyl sites for hydroxylation is 1. The highest BCUT2D eigenvalue weighted by molar-refractivity contribution is 7.93. The van der Waals surface area contributed by atoms with Crippen LogP contribution < -0.4 is 4.90 Å². The van der Waals surface area contributed by atoms with E-state index in [-0.39, 0.29) is 11.3 Å². The molecule has 0 aliphatic carbocycles. The SMILES string of the molecule is Cc1ccccc1-c1ccc(F)cc1N1C(=O)CS(=O)(=O)C1c1ccc(F)cc1. The van der Waals surface area contributed by atoms with Gasteiger partial charge in [-0.2, -0.15) is 0 Å². The van der Waals surface area contributed by atoms with Gasteiger partial charge in [0.05, 0.1) is 5.69 Å². The summed E-state index contributed by atoms with van der Waals surface area (Å²) < 4.78 is 53.1. The van der Waals surface area contributed by atoms with Gasteiger partial charge >= 0.3 is 0 Å². The summed E-state index contributed by atoms with van der Waals surface area (Å²) in [4.78, 5) is 13.9. The molecule has 148 valence electrons. The standard InChI is InChI=1S/C22H17F2NO3S/c1-14-4-2-3-5-18(14)19-11-10-17(24)12-20(19)25-21(26)13-29(27,28)22(25)15-6-8-16(23)9-7-15/h2-12,22H,13H2,1H3. The van der Waals surface area contributed by atoms with E-state index in [1.54, 1.807) is 0 Å². The minimum atomic E-state index is -3.89. The number of amides is 1. The quantitative estimate of drug-likeness (QED) is 0.640. The number of hydrogen-bond acceptors (Lipinski definition) is 3. The Morgan fingerprint density at radius 2 is 1.55 bits per heavy atom. The molecule has 0 radical (unpaired) electrons. The highest BCUT2D eigenvalue weighted by atomic mass is 32.2. The predicted octanol–water partition coefficient (Wildman–Crippen LogP) is 4.40. The van der Waals surface area contributed by atoms with Gasteiger partial charge < -0.3 is 0 Å². The maximum Gasteiger partial charge on any atom is 0.243 e. The van der Waals surface area contributed by atoms with Gasteiger partial charge in [0.25, 0.3) is 0 Å². The van der Waals surface area contributed by atoms with Crippen LogP contribution >= 0.6 is 0 Å². The first kappa shape index (κ1) is 19.3. The lowest BCUT2D eigenvalue weighted by atomic mass is 9.98. The van der Waals surface area contributed by atoms with Gasteiger partial charge in [-0.05, 0) is 53.9 Å². The average Bonchev–Trinajstić information content (AvgIpc) is 2.91. The van der Waals surface area contributed by atoms with Crippen molar-refractivity contribution in [2.24, 2.45) is 0 Å². The van der Waals surface area contributed by atoms with Crippen LogP contribution in [0.4, 0.5) is 14.5 Å². The third-order valence-electron chi connectivity index (χ3n) is 4.98. The zero-order valence-electron chi connectivity index (χ0n) is 15.5. The molecule has 3 aromatic rings. The molecule has 3 aromatic carbocycles. The lowest BCUT2D eigenvalue weighted by Gasteiger charge is -2.26. The lowest BCUT2D eigenvalue weighted by Crippen LogP contribution is -2.29. The van der Waals surface area contributed by atoms with Gasteiger partial charge in [-0.3, -0.25) is 9.69 Å². The van der Waals surface area contributed by atoms with Crippen molar-refractivity contribution in [2.45, 2.75) is 12.3 Å². The van der Waals surface area contributed by atoms with E-state index in [2.05, 4.69) is 0 Å². The fourth-order valence-corrected chi connectivity index (χ4v) is 5.43. The number of carbonyl (C=O) groups excluding carboxylic acids is 1. The number of halogens is 2. The molecule has 1 atom stereocenters. The maximum atomic E-state index is 14.2. The van der Waals surface area contributed by atoms with Gasteiger partial charge in [0, 0.05) is 5.56 Å². The van der Waals surface area contributed by atoms with Crippen LogP contribution in [-0.4, -0.2) is 20.1 Å². The van der Waals surface area contributed by atoms with Crippen molar-refractivity contribution >= 4 is 21.4 Å². The summed E-state index contributed by atoms with van der Waals surface area (Å²) in [5.74, 6) is -2.46. The number of benzene rings is 3. The van der Waals surface area contributed by atoms with E-state index in [1.807, 2.05) is 31.2 Å². The van der Waals surface area contributed by atoms with E-state index in [0.29, 0.717) is 5.56 Å². The van der Waals surface area contributed by atoms with Crippen LogP contribution in [0.15, 0.2) is 66.7 Å². The van der Waals surface area contributed by atoms with Gasteiger partial charge in [-0.15, -0.1) is 0 Å². The van der Waals surface area contributed by atoms with E-state index in [4.69, 9.17) is 0 Å². The molecule has 1 heterocycles. The monoisotopic (exact) mass is 413 g/mol. The zero-order valence-corrected chi connectivity index (χ0v) is 16.3.